The van der Waals surface area contributed by atoms with Crippen molar-refractivity contribution >= 4 is 530 Å². The Balaban J connectivity index is 0.000000181. The number of ketones is 8. The van der Waals surface area contributed by atoms with E-state index < -0.39 is 134 Å². The molecule has 0 spiro atoms. The van der Waals surface area contributed by atoms with Gasteiger partial charge in [0.1, 0.15) is 27.9 Å². The number of aliphatic hydroxyl groups excluding tert-OH is 3. The number of hydrogen-bond donors (Lipinski definition) is 4. The van der Waals surface area contributed by atoms with Crippen molar-refractivity contribution in [3.8, 4) is 0 Å². The third-order valence-corrected chi connectivity index (χ3v) is 93.0. The molecule has 149 heavy (non-hydrogen) atoms. The van der Waals surface area contributed by atoms with E-state index in [0.29, 0.717) is 5.39 Å². The van der Waals surface area contributed by atoms with Gasteiger partial charge in [0.2, 0.25) is 67.6 Å². The Hall–Kier alpha value is -4.58. The fourth-order valence-electron chi connectivity index (χ4n) is 13.7. The van der Waals surface area contributed by atoms with Crippen molar-refractivity contribution in [1.29, 1.82) is 0 Å². The number of Topliss-reactive ketones (excluding diaryl/α,β-unsaturated/α-hetero) is 8. The second kappa shape index (κ2) is 64.5. The maximum atomic E-state index is 12.9. The van der Waals surface area contributed by atoms with Gasteiger partial charge in [0.05, 0.1) is 43.8 Å². The minimum Gasteiger partial charge on any atom is -0.870 e. The van der Waals surface area contributed by atoms with Gasteiger partial charge in [0.15, 0.2) is 38.8 Å². The van der Waals surface area contributed by atoms with Crippen LogP contribution in [0.3, 0.4) is 0 Å². The van der Waals surface area contributed by atoms with Crippen molar-refractivity contribution in [1.82, 2.24) is 0 Å². The molecule has 0 bridgehead atoms. The topological polar surface area (TPSA) is 438 Å². The van der Waals surface area contributed by atoms with Crippen molar-refractivity contribution in [3.63, 3.8) is 0 Å². The predicted octanol–water partition coefficient (Wildman–Crippen LogP) is 7.52. The van der Waals surface area contributed by atoms with E-state index in [4.69, 9.17) is 70.4 Å². The zero-order chi connectivity index (χ0) is 105. The fraction of sp³-hybridized carbons (Fsp3) is 0.0123. The Morgan fingerprint density at radius 3 is 0.691 bits per heavy atom. The van der Waals surface area contributed by atoms with Crippen LogP contribution in [-0.4, -0.2) is 78.6 Å². The zero-order valence-corrected chi connectivity index (χ0v) is 107. The number of halogens is 1. The average Bonchev–Trinajstić information content (AvgIpc) is 1.57. The number of fused-ring (bicyclic) bond motifs is 15. The van der Waals surface area contributed by atoms with E-state index >= 15 is 0 Å². The number of aliphatic hydroxyl groups is 3. The van der Waals surface area contributed by atoms with Crippen LogP contribution in [-0.2, 0) is 384 Å². The van der Waals surface area contributed by atoms with E-state index in [2.05, 4.69) is 14.4 Å². The molecule has 0 amide bonds. The largest absolute Gasteiger partial charge is 1.00 e. The number of benzene rings is 12. The summed E-state index contributed by atoms with van der Waals surface area (Å²) < 4.78 is 15.1. The molecule has 26 nitrogen and oxygen atoms in total. The van der Waals surface area contributed by atoms with Gasteiger partial charge in [0.25, 0.3) is 0 Å². The van der Waals surface area contributed by atoms with E-state index in [-0.39, 0.29) is 161 Å². The average molecular weight is 2770 g/mol. The van der Waals surface area contributed by atoms with Gasteiger partial charge >= 0.3 is 29.6 Å². The van der Waals surface area contributed by atoms with E-state index in [1.807, 2.05) is 0 Å². The molecule has 14 aromatic rings. The summed E-state index contributed by atoms with van der Waals surface area (Å²) >= 11 is 26.0. The number of carbonyl (C=O) groups is 8. The van der Waals surface area contributed by atoms with Crippen LogP contribution in [0, 0.1) is 0 Å². The molecule has 0 radical (unpaired) electrons. The monoisotopic (exact) mass is 2770 g/mol. The molecule has 68 heteroatoms. The summed E-state index contributed by atoms with van der Waals surface area (Å²) in [6.45, 7) is 0. The summed E-state index contributed by atoms with van der Waals surface area (Å²) in [6.07, 6.45) is 1.61. The smallest absolute Gasteiger partial charge is 0.870 e. The molecule has 0 aliphatic heterocycles. The second-order valence-electron chi connectivity index (χ2n) is 26.3. The van der Waals surface area contributed by atoms with E-state index in [1.54, 1.807) is 379 Å². The molecule has 12 aromatic carbocycles. The van der Waals surface area contributed by atoms with Crippen LogP contribution in [0.15, 0.2) is 269 Å². The summed E-state index contributed by atoms with van der Waals surface area (Å²) in [6, 6.07) is 49.3. The minimum atomic E-state index is -1.15. The summed E-state index contributed by atoms with van der Waals surface area (Å²) in [5, 5.41) is 46.5. The van der Waals surface area contributed by atoms with Crippen molar-refractivity contribution in [2.24, 2.45) is 0 Å². The molecule has 2 heterocycles. The predicted molar refractivity (Wildman–Crippen MR) is 685 cm³/mol. The SMILES string of the molecule is CSOOOO.O=C1C(=O)c2ccccc2C(O)=C1C1=C(Cl)C(=O)c2ccccc2C1=O.O=C1C(=O)c2ccccc2C(O)=C1C1=C(O)c2ccccc2C(=O)C1=O.O=c1c(=O)c2c(oc3c(=O)c4ccccc4c(=O)c32)c2ccccc12.O=c1c2ccccc2c(=O)c2c1oc1c(=O)c3ccccc3c(=O)c12.S=S=S=S=S=S=S=S=S=S=S=S=S=S=S=S=S=S=S.S=S=S=S=S=S=S=S=S=S=S=S=S=S=S=S=S=S=S=S.[Na+].[OH-]. The molecule has 5 N–H and O–H groups in total. The Morgan fingerprint density at radius 2 is 0.443 bits per heavy atom. The molecular weight excluding hydrogens is 2730 g/mol. The standard InChI is InChI=1S/C20H9ClO5.C20H10O6.2C20H8O5.CH4O4S.Na.H2O.S20.S19/c21-15-13(16(22)9-5-1-3-7-11(9)18(15)24)14-17(23)10-6-2-4-8-12(10)19(25)20(14)26;21-15-9-5-1-3-7-11(9)17(23)19(25)13(15)14-16(22)10-6-2-4-8-12(10)18(24)20(14)26;21-15-9-5-1-3-7-11(9)17(23)19-13(15)14-16(22)10-6-2-4-8-12(10)18(24)20(14)25-19;21-15-9-5-1-2-6-10(9)17(23)20-13(15)14-18(24)16(22)11-7-3-4-8-12(11)19(14)25-20;1-6-5-4-3-2;;;1-3-5-7-9-11-13-15-17-19-20-18-16-14-12-10-8-6-4-2;1-3-5-7-9-11-13-15-17-19-18-16-14-12-10-8-6-4-2/h1-8,23H;1-8,21-22H;2*1-8H;2H,1H3;;1H2;;/q;;;;;+1;;;/p-1. The maximum Gasteiger partial charge on any atom is 1.00 e. The quantitative estimate of drug-likeness (QED) is 0.0323. The first-order valence-electron chi connectivity index (χ1n) is 37.8. The van der Waals surface area contributed by atoms with Gasteiger partial charge in [-0.15, -0.1) is 4.33 Å². The summed E-state index contributed by atoms with van der Waals surface area (Å²) in [5.74, 6) is -9.20. The first-order valence-corrected chi connectivity index (χ1v) is 88.7. The van der Waals surface area contributed by atoms with Crippen molar-refractivity contribution < 1.29 is 117 Å². The fourth-order valence-corrected chi connectivity index (χ4v) is 99.1. The van der Waals surface area contributed by atoms with Gasteiger partial charge in [0, 0.05) is 461 Å². The van der Waals surface area contributed by atoms with Crippen molar-refractivity contribution in [3.05, 3.63) is 348 Å². The van der Waals surface area contributed by atoms with Crippen molar-refractivity contribution in [2.45, 2.75) is 0 Å². The molecule has 4 aliphatic carbocycles. The first-order chi connectivity index (χ1) is 71.3. The van der Waals surface area contributed by atoms with Gasteiger partial charge in [-0.2, -0.15) is 0 Å². The maximum absolute atomic E-state index is 12.9. The molecular formula is C81H40ClNaO26S40. The van der Waals surface area contributed by atoms with Gasteiger partial charge in [-0.3, -0.25) is 76.7 Å². The summed E-state index contributed by atoms with van der Waals surface area (Å²) in [4.78, 5) is 202. The van der Waals surface area contributed by atoms with Crippen LogP contribution >= 0.6 is 23.6 Å². The van der Waals surface area contributed by atoms with Gasteiger partial charge in [-0.25, -0.2) is 5.26 Å². The Bertz CT molecular complexity index is 10200. The molecule has 0 saturated carbocycles. The summed E-state index contributed by atoms with van der Waals surface area (Å²) in [5.41, 5.74) is -6.78. The normalized spacial score (nSPS) is 12.1. The Labute approximate surface area is 984 Å². The molecule has 0 atom stereocenters. The third kappa shape index (κ3) is 31.2. The van der Waals surface area contributed by atoms with Gasteiger partial charge in [-0.05, 0) is 10.1 Å². The number of rotatable bonds is 5. The molecule has 18 rings (SSSR count). The van der Waals surface area contributed by atoms with E-state index in [1.165, 1.54) is 133 Å². The van der Waals surface area contributed by atoms with Crippen LogP contribution in [0.2, 0.25) is 0 Å². The number of allylic oxidation sites excluding steroid dienone is 5. The Morgan fingerprint density at radius 1 is 0.242 bits per heavy atom. The minimum absolute atomic E-state index is 0. The van der Waals surface area contributed by atoms with Crippen LogP contribution in [0.25, 0.3) is 104 Å². The molecule has 0 saturated heterocycles. The number of hydrogen-bond acceptors (Lipinski definition) is 31. The number of furan rings is 2. The Kier molecular flexibility index (Phi) is 54.6. The zero-order valence-electron chi connectivity index (χ0n) is 72.0. The first kappa shape index (κ1) is 126. The van der Waals surface area contributed by atoms with Crippen molar-refractivity contribution in [2.75, 3.05) is 6.26 Å². The third-order valence-electron chi connectivity index (χ3n) is 19.1. The van der Waals surface area contributed by atoms with Gasteiger partial charge < -0.3 is 29.6 Å². The van der Waals surface area contributed by atoms with Crippen LogP contribution in [0.5, 0.6) is 0 Å². The van der Waals surface area contributed by atoms with Crippen LogP contribution in [0.4, 0.5) is 0 Å². The molecule has 2 aromatic heterocycles. The molecule has 768 valence electrons. The number of carbonyl (C=O) groups excluding carboxylic acids is 8. The second-order valence-corrected chi connectivity index (χ2v) is 89.0. The summed E-state index contributed by atoms with van der Waals surface area (Å²) in [7, 11) is 59.8. The molecule has 4 aliphatic rings. The molecule has 0 unspecified atom stereocenters. The van der Waals surface area contributed by atoms with Gasteiger partial charge in [-0.1, -0.05) is 206 Å². The van der Waals surface area contributed by atoms with Crippen LogP contribution in [0.1, 0.15) is 68.5 Å². The van der Waals surface area contributed by atoms with Crippen LogP contribution < -0.4 is 73.0 Å². The van der Waals surface area contributed by atoms with E-state index in [9.17, 15) is 92.0 Å². The van der Waals surface area contributed by atoms with E-state index in [0.717, 1.165) is 12.0 Å². The molecule has 0 fully saturated rings.